The van der Waals surface area contributed by atoms with Crippen molar-refractivity contribution in [3.05, 3.63) is 0 Å². The second-order valence-corrected chi connectivity index (χ2v) is 3.08. The van der Waals surface area contributed by atoms with Gasteiger partial charge in [0.1, 0.15) is 0 Å². The molecule has 6 nitrogen and oxygen atoms in total. The molecular formula is C2H6N4O2S. The molecular weight excluding hydrogens is 144 g/mol. The summed E-state index contributed by atoms with van der Waals surface area (Å²) in [4.78, 5) is 0. The lowest BCUT2D eigenvalue weighted by molar-refractivity contribution is 0.608. The maximum atomic E-state index is 10.4. The standard InChI is InChI=1S/C2H6N4O2S/c3-9(7,8)2-1-4-6-5-2/h4,6H,1H2,(H2,3,7,8). The van der Waals surface area contributed by atoms with Crippen molar-refractivity contribution in [1.29, 1.82) is 0 Å². The summed E-state index contributed by atoms with van der Waals surface area (Å²) in [5.41, 5.74) is 4.72. The zero-order valence-electron chi connectivity index (χ0n) is 4.46. The van der Waals surface area contributed by atoms with Gasteiger partial charge in [0.15, 0.2) is 5.04 Å². The third-order valence-corrected chi connectivity index (χ3v) is 1.72. The van der Waals surface area contributed by atoms with Crippen molar-refractivity contribution in [2.75, 3.05) is 6.54 Å². The Balaban J connectivity index is 2.87. The number of nitrogens with one attached hydrogen (secondary N) is 2. The predicted molar refractivity (Wildman–Crippen MR) is 31.7 cm³/mol. The van der Waals surface area contributed by atoms with Gasteiger partial charge in [0, 0.05) is 0 Å². The van der Waals surface area contributed by atoms with E-state index in [4.69, 9.17) is 5.14 Å². The SMILES string of the molecule is NS(=O)(=O)C1=NNNC1. The van der Waals surface area contributed by atoms with E-state index in [9.17, 15) is 8.42 Å². The number of rotatable bonds is 0. The van der Waals surface area contributed by atoms with Crippen LogP contribution < -0.4 is 16.1 Å². The molecule has 4 N–H and O–H groups in total. The largest absolute Gasteiger partial charge is 0.254 e. The number of hydrogen-bond donors (Lipinski definition) is 3. The minimum atomic E-state index is -3.58. The zero-order valence-corrected chi connectivity index (χ0v) is 5.27. The van der Waals surface area contributed by atoms with Crippen LogP contribution in [0.4, 0.5) is 0 Å². The first-order valence-corrected chi connectivity index (χ1v) is 3.72. The average molecular weight is 150 g/mol. The Morgan fingerprint density at radius 2 is 2.33 bits per heavy atom. The Morgan fingerprint density at radius 1 is 1.67 bits per heavy atom. The van der Waals surface area contributed by atoms with Crippen LogP contribution in [0, 0.1) is 0 Å². The van der Waals surface area contributed by atoms with Crippen LogP contribution in [-0.2, 0) is 10.0 Å². The topological polar surface area (TPSA) is 96.6 Å². The number of primary sulfonamides is 1. The summed E-state index contributed by atoms with van der Waals surface area (Å²) in [5.74, 6) is 0. The molecule has 1 aliphatic heterocycles. The molecule has 0 aromatic heterocycles. The molecule has 0 radical (unpaired) electrons. The van der Waals surface area contributed by atoms with E-state index in [1.54, 1.807) is 0 Å². The molecule has 0 spiro atoms. The molecule has 0 atom stereocenters. The van der Waals surface area contributed by atoms with Crippen LogP contribution in [0.3, 0.4) is 0 Å². The van der Waals surface area contributed by atoms with Crippen molar-refractivity contribution in [1.82, 2.24) is 11.0 Å². The molecule has 9 heavy (non-hydrogen) atoms. The third kappa shape index (κ3) is 1.37. The van der Waals surface area contributed by atoms with E-state index in [0.717, 1.165) is 0 Å². The van der Waals surface area contributed by atoms with Crippen LogP contribution in [-0.4, -0.2) is 20.0 Å². The van der Waals surface area contributed by atoms with Crippen LogP contribution in [0.5, 0.6) is 0 Å². The fraction of sp³-hybridized carbons (Fsp3) is 0.500. The molecule has 0 aromatic carbocycles. The maximum absolute atomic E-state index is 10.4. The second kappa shape index (κ2) is 1.94. The highest BCUT2D eigenvalue weighted by Gasteiger charge is 2.16. The van der Waals surface area contributed by atoms with E-state index in [1.807, 2.05) is 0 Å². The monoisotopic (exact) mass is 150 g/mol. The molecule has 1 aliphatic rings. The summed E-state index contributed by atoms with van der Waals surface area (Å²) in [6.07, 6.45) is 0. The Kier molecular flexibility index (Phi) is 1.39. The highest BCUT2D eigenvalue weighted by atomic mass is 32.2. The van der Waals surface area contributed by atoms with E-state index in [-0.39, 0.29) is 11.6 Å². The van der Waals surface area contributed by atoms with Gasteiger partial charge in [0.05, 0.1) is 6.54 Å². The highest BCUT2D eigenvalue weighted by Crippen LogP contribution is 1.86. The first kappa shape index (κ1) is 6.46. The zero-order chi connectivity index (χ0) is 6.91. The van der Waals surface area contributed by atoms with Gasteiger partial charge in [0.2, 0.25) is 0 Å². The average Bonchev–Trinajstić information content (AvgIpc) is 2.08. The summed E-state index contributed by atoms with van der Waals surface area (Å²) >= 11 is 0. The summed E-state index contributed by atoms with van der Waals surface area (Å²) in [7, 11) is -3.58. The van der Waals surface area contributed by atoms with Gasteiger partial charge < -0.3 is 0 Å². The smallest absolute Gasteiger partial charge is 0.242 e. The Hall–Kier alpha value is -0.660. The Bertz CT molecular complexity index is 229. The van der Waals surface area contributed by atoms with Gasteiger partial charge >= 0.3 is 0 Å². The summed E-state index contributed by atoms with van der Waals surface area (Å²) < 4.78 is 20.8. The van der Waals surface area contributed by atoms with Crippen LogP contribution in [0.25, 0.3) is 0 Å². The molecule has 52 valence electrons. The second-order valence-electron chi connectivity index (χ2n) is 1.52. The van der Waals surface area contributed by atoms with E-state index in [0.29, 0.717) is 0 Å². The first-order valence-electron chi connectivity index (χ1n) is 2.18. The minimum Gasteiger partial charge on any atom is -0.242 e. The van der Waals surface area contributed by atoms with E-state index in [1.165, 1.54) is 0 Å². The predicted octanol–water partition coefficient (Wildman–Crippen LogP) is -2.30. The van der Waals surface area contributed by atoms with Gasteiger partial charge in [-0.05, 0) is 0 Å². The number of hydrogen-bond acceptors (Lipinski definition) is 5. The summed E-state index contributed by atoms with van der Waals surface area (Å²) in [6, 6.07) is 0. The van der Waals surface area contributed by atoms with Gasteiger partial charge in [-0.25, -0.2) is 24.5 Å². The minimum absolute atomic E-state index is 0.0671. The van der Waals surface area contributed by atoms with Gasteiger partial charge in [-0.15, -0.1) is 0 Å². The number of sulfonamides is 1. The number of nitrogens with two attached hydrogens (primary N) is 1. The highest BCUT2D eigenvalue weighted by molar-refractivity contribution is 8.04. The normalized spacial score (nSPS) is 19.0. The fourth-order valence-corrected chi connectivity index (χ4v) is 0.867. The van der Waals surface area contributed by atoms with Crippen molar-refractivity contribution in [2.24, 2.45) is 10.2 Å². The molecule has 0 bridgehead atoms. The Labute approximate surface area is 52.1 Å². The van der Waals surface area contributed by atoms with Crippen molar-refractivity contribution < 1.29 is 8.42 Å². The fourth-order valence-electron chi connectivity index (χ4n) is 0.421. The molecule has 0 saturated carbocycles. The molecule has 7 heteroatoms. The maximum Gasteiger partial charge on any atom is 0.254 e. The summed E-state index contributed by atoms with van der Waals surface area (Å²) in [5, 5.41) is 7.98. The Morgan fingerprint density at radius 3 is 2.56 bits per heavy atom. The van der Waals surface area contributed by atoms with E-state index in [2.05, 4.69) is 16.1 Å². The van der Waals surface area contributed by atoms with Crippen molar-refractivity contribution in [3.63, 3.8) is 0 Å². The summed E-state index contributed by atoms with van der Waals surface area (Å²) in [6.45, 7) is 0.152. The first-order chi connectivity index (χ1) is 4.11. The third-order valence-electron chi connectivity index (χ3n) is 0.828. The lowest BCUT2D eigenvalue weighted by Crippen LogP contribution is -2.28. The molecule has 0 aromatic rings. The molecule has 0 unspecified atom stereocenters. The molecule has 0 saturated heterocycles. The number of hydrazine groups is 1. The van der Waals surface area contributed by atoms with Gasteiger partial charge in [0.25, 0.3) is 10.0 Å². The van der Waals surface area contributed by atoms with E-state index >= 15 is 0 Å². The van der Waals surface area contributed by atoms with Gasteiger partial charge in [-0.1, -0.05) is 0 Å². The lowest BCUT2D eigenvalue weighted by Gasteiger charge is -1.89. The van der Waals surface area contributed by atoms with Gasteiger partial charge in [-0.3, -0.25) is 0 Å². The quantitative estimate of drug-likeness (QED) is 0.361. The van der Waals surface area contributed by atoms with Crippen LogP contribution in [0.2, 0.25) is 0 Å². The molecule has 0 fully saturated rings. The van der Waals surface area contributed by atoms with Crippen molar-refractivity contribution >= 4 is 15.1 Å². The number of hydrazone groups is 1. The van der Waals surface area contributed by atoms with Crippen LogP contribution >= 0.6 is 0 Å². The molecule has 1 rings (SSSR count). The molecule has 0 aliphatic carbocycles. The lowest BCUT2D eigenvalue weighted by atomic mass is 10.8. The molecule has 1 heterocycles. The van der Waals surface area contributed by atoms with Crippen LogP contribution in [0.1, 0.15) is 0 Å². The van der Waals surface area contributed by atoms with Crippen molar-refractivity contribution in [3.8, 4) is 0 Å². The van der Waals surface area contributed by atoms with Crippen LogP contribution in [0.15, 0.2) is 5.10 Å². The van der Waals surface area contributed by atoms with Gasteiger partial charge in [-0.2, -0.15) is 5.10 Å². The van der Waals surface area contributed by atoms with E-state index < -0.39 is 10.0 Å². The number of nitrogens with zero attached hydrogens (tertiary/aromatic N) is 1. The molecule has 0 amide bonds. The van der Waals surface area contributed by atoms with Crippen molar-refractivity contribution in [2.45, 2.75) is 0 Å².